The van der Waals surface area contributed by atoms with Gasteiger partial charge in [0, 0.05) is 12.8 Å². The van der Waals surface area contributed by atoms with Crippen molar-refractivity contribution >= 4 is 113 Å². The van der Waals surface area contributed by atoms with E-state index in [1.165, 1.54) is 6.07 Å². The second-order valence-corrected chi connectivity index (χ2v) is 10.1. The first-order valence-corrected chi connectivity index (χ1v) is 10.1. The normalized spacial score (nSPS) is 13.7. The number of anilines is 1. The summed E-state index contributed by atoms with van der Waals surface area (Å²) in [5.74, 6) is -2.14. The number of halogens is 5. The summed E-state index contributed by atoms with van der Waals surface area (Å²) in [7, 11) is 0. The first-order chi connectivity index (χ1) is 12.3. The van der Waals surface area contributed by atoms with Crippen LogP contribution >= 0.6 is 78.2 Å². The van der Waals surface area contributed by atoms with Gasteiger partial charge < -0.3 is 5.73 Å². The molecule has 2 rings (SSSR count). The summed E-state index contributed by atoms with van der Waals surface area (Å²) >= 11 is 22.8. The Morgan fingerprint density at radius 1 is 1.19 bits per heavy atom. The van der Waals surface area contributed by atoms with Gasteiger partial charge in [0.25, 0.3) is 15.6 Å². The molecular weight excluding hydrogens is 578 g/mol. The Labute approximate surface area is 188 Å². The van der Waals surface area contributed by atoms with E-state index in [1.54, 1.807) is 5.32 Å². The van der Waals surface area contributed by atoms with Gasteiger partial charge in [0.1, 0.15) is 5.00 Å². The Morgan fingerprint density at radius 3 is 2.07 bits per heavy atom. The second kappa shape index (κ2) is 10.0. The van der Waals surface area contributed by atoms with Crippen LogP contribution in [0.5, 0.6) is 0 Å². The van der Waals surface area contributed by atoms with Crippen molar-refractivity contribution in [3.8, 4) is 0 Å². The van der Waals surface area contributed by atoms with Gasteiger partial charge in [0.15, 0.2) is 0 Å². The molecule has 1 saturated heterocycles. The van der Waals surface area contributed by atoms with E-state index in [2.05, 4.69) is 37.4 Å². The van der Waals surface area contributed by atoms with Crippen LogP contribution in [0, 0.1) is 0 Å². The first kappa shape index (κ1) is 24.1. The fraction of sp³-hybridized carbons (Fsp3) is 0.250. The summed E-state index contributed by atoms with van der Waals surface area (Å²) in [6.45, 7) is 0. The molecule has 1 aromatic rings. The fourth-order valence-corrected chi connectivity index (χ4v) is 3.49. The van der Waals surface area contributed by atoms with Gasteiger partial charge in [0.05, 0.1) is 25.5 Å². The van der Waals surface area contributed by atoms with Crippen LogP contribution in [-0.4, -0.2) is 37.4 Å². The van der Waals surface area contributed by atoms with Crippen molar-refractivity contribution in [2.75, 3.05) is 5.32 Å². The van der Waals surface area contributed by atoms with E-state index in [-0.39, 0.29) is 22.4 Å². The summed E-state index contributed by atoms with van der Waals surface area (Å²) in [5, 5.41) is 4.22. The molecule has 0 aromatic carbocycles. The van der Waals surface area contributed by atoms with Gasteiger partial charge in [-0.05, 0) is 22.0 Å². The van der Waals surface area contributed by atoms with Crippen LogP contribution in [0.3, 0.4) is 0 Å². The molecule has 0 spiro atoms. The Balaban J connectivity index is 0.000000377. The van der Waals surface area contributed by atoms with Crippen LogP contribution in [0.1, 0.15) is 23.2 Å². The van der Waals surface area contributed by atoms with E-state index in [9.17, 15) is 24.0 Å². The van der Waals surface area contributed by atoms with Gasteiger partial charge in [-0.1, -0.05) is 34.8 Å². The minimum absolute atomic E-state index is 0.0911. The molecule has 0 saturated carbocycles. The molecule has 1 aromatic heterocycles. The number of imide groups is 2. The van der Waals surface area contributed by atoms with E-state index in [1.807, 2.05) is 0 Å². The molecule has 4 N–H and O–H groups in total. The lowest BCUT2D eigenvalue weighted by molar-refractivity contribution is -0.131. The zero-order valence-electron chi connectivity index (χ0n) is 12.9. The van der Waals surface area contributed by atoms with Crippen LogP contribution in [0.25, 0.3) is 0 Å². The zero-order valence-corrected chi connectivity index (χ0v) is 19.1. The summed E-state index contributed by atoms with van der Waals surface area (Å²) < 4.78 is -0.711. The van der Waals surface area contributed by atoms with Gasteiger partial charge in [0.2, 0.25) is 11.8 Å². The van der Waals surface area contributed by atoms with Gasteiger partial charge in [-0.3, -0.25) is 29.8 Å². The highest BCUT2D eigenvalue weighted by Gasteiger charge is 2.32. The lowest BCUT2D eigenvalue weighted by Gasteiger charge is -2.10. The van der Waals surface area contributed by atoms with Crippen LogP contribution in [-0.2, 0) is 14.4 Å². The molecule has 15 heteroatoms. The van der Waals surface area contributed by atoms with Crippen LogP contribution in [0.4, 0.5) is 9.80 Å². The number of nitrogens with zero attached hydrogens (tertiary/aromatic N) is 1. The number of thiophene rings is 1. The summed E-state index contributed by atoms with van der Waals surface area (Å²) in [4.78, 5) is 54.7. The third kappa shape index (κ3) is 7.54. The van der Waals surface area contributed by atoms with Crippen LogP contribution in [0.15, 0.2) is 9.85 Å². The number of hydrogen-bond acceptors (Lipinski definition) is 6. The van der Waals surface area contributed by atoms with Crippen molar-refractivity contribution in [3.63, 3.8) is 0 Å². The number of urea groups is 1. The molecule has 1 aliphatic rings. The molecule has 1 fully saturated rings. The maximum atomic E-state index is 11.5. The van der Waals surface area contributed by atoms with Crippen LogP contribution < -0.4 is 16.4 Å². The van der Waals surface area contributed by atoms with E-state index >= 15 is 0 Å². The number of rotatable bonds is 2. The minimum Gasteiger partial charge on any atom is -0.366 e. The molecule has 2 heterocycles. The molecule has 27 heavy (non-hydrogen) atoms. The van der Waals surface area contributed by atoms with E-state index in [4.69, 9.17) is 40.5 Å². The monoisotopic (exact) mass is 584 g/mol. The fourth-order valence-electron chi connectivity index (χ4n) is 1.49. The predicted octanol–water partition coefficient (Wildman–Crippen LogP) is 3.07. The number of carbonyl (C=O) groups is 5. The number of amides is 6. The molecule has 1 aliphatic heterocycles. The molecule has 9 nitrogen and oxygen atoms in total. The predicted molar refractivity (Wildman–Crippen MR) is 108 cm³/mol. The quantitative estimate of drug-likeness (QED) is 0.278. The largest absolute Gasteiger partial charge is 0.366 e. The summed E-state index contributed by atoms with van der Waals surface area (Å²) in [6.07, 6.45) is 0.703. The Hall–Kier alpha value is -0.920. The zero-order chi connectivity index (χ0) is 20.9. The maximum Gasteiger partial charge on any atom is 0.326 e. The molecule has 0 bridgehead atoms. The average molecular weight is 587 g/mol. The number of carbonyl (C=O) groups excluding carboxylic acids is 5. The average Bonchev–Trinajstić information content (AvgIpc) is 3.04. The highest BCUT2D eigenvalue weighted by Crippen LogP contribution is 2.32. The van der Waals surface area contributed by atoms with Crippen LogP contribution in [0.2, 0.25) is 0 Å². The topological polar surface area (TPSA) is 139 Å². The van der Waals surface area contributed by atoms with Crippen molar-refractivity contribution in [3.05, 3.63) is 15.4 Å². The van der Waals surface area contributed by atoms with Gasteiger partial charge in [-0.15, -0.1) is 11.3 Å². The summed E-state index contributed by atoms with van der Waals surface area (Å²) in [5.41, 5.74) is 5.21. The number of hydrogen-bond donors (Lipinski definition) is 3. The van der Waals surface area contributed by atoms with Gasteiger partial charge >= 0.3 is 6.03 Å². The van der Waals surface area contributed by atoms with Gasteiger partial charge in [-0.2, -0.15) is 0 Å². The minimum atomic E-state index is -2.26. The van der Waals surface area contributed by atoms with E-state index in [0.717, 1.165) is 15.3 Å². The third-order valence-corrected chi connectivity index (χ3v) is 5.53. The van der Waals surface area contributed by atoms with Crippen molar-refractivity contribution in [1.29, 1.82) is 0 Å². The number of primary amides is 1. The molecule has 0 aliphatic carbocycles. The highest BCUT2D eigenvalue weighted by molar-refractivity contribution is 9.11. The molecule has 0 radical (unpaired) electrons. The number of alkyl halides is 3. The highest BCUT2D eigenvalue weighted by atomic mass is 79.9. The van der Waals surface area contributed by atoms with Crippen molar-refractivity contribution in [2.45, 2.75) is 16.6 Å². The van der Waals surface area contributed by atoms with Gasteiger partial charge in [-0.25, -0.2) is 8.72 Å². The second-order valence-electron chi connectivity index (χ2n) is 4.63. The van der Waals surface area contributed by atoms with Crippen molar-refractivity contribution in [2.24, 2.45) is 5.73 Å². The van der Waals surface area contributed by atoms with E-state index in [0.29, 0.717) is 16.6 Å². The summed E-state index contributed by atoms with van der Waals surface area (Å²) in [6, 6.07) is 0.479. The molecular formula is C12H9Br2Cl3N4O5S. The maximum absolute atomic E-state index is 11.5. The first-order valence-electron chi connectivity index (χ1n) is 6.62. The lowest BCUT2D eigenvalue weighted by Crippen LogP contribution is -2.41. The standard InChI is InChI=1S/C8H5BrCl3N3O3S.C4H4BrNO2/c9-3-1-2(4(13)16)5(19-3)14-7(18)15-6(17)8(10,11)12;5-6-3(7)1-2-4(6)8/h1H,(H2,13,16)(H2,14,15,17,18);1-2H2. The SMILES string of the molecule is NC(=O)c1cc(Br)sc1NC(=O)NC(=O)C(Cl)(Cl)Cl.O=C1CCC(=O)N1Br. The Kier molecular flexibility index (Phi) is 8.96. The Bertz CT molecular complexity index is 782. The smallest absolute Gasteiger partial charge is 0.326 e. The molecule has 6 amide bonds. The molecule has 0 atom stereocenters. The number of nitrogens with one attached hydrogen (secondary N) is 2. The third-order valence-electron chi connectivity index (χ3n) is 2.67. The van der Waals surface area contributed by atoms with Crippen molar-refractivity contribution in [1.82, 2.24) is 9.24 Å². The molecule has 0 unspecified atom stereocenters. The Morgan fingerprint density at radius 2 is 1.70 bits per heavy atom. The van der Waals surface area contributed by atoms with Crippen molar-refractivity contribution < 1.29 is 24.0 Å². The molecule has 148 valence electrons. The number of nitrogens with two attached hydrogens (primary N) is 1. The lowest BCUT2D eigenvalue weighted by atomic mass is 10.3. The van der Waals surface area contributed by atoms with E-state index < -0.39 is 21.6 Å².